The zero-order chi connectivity index (χ0) is 25.5. The van der Waals surface area contributed by atoms with Crippen LogP contribution in [0.15, 0.2) is 0 Å². The zero-order valence-electron chi connectivity index (χ0n) is 23.3. The van der Waals surface area contributed by atoms with Crippen LogP contribution < -0.4 is 0 Å². The van der Waals surface area contributed by atoms with Crippen LogP contribution in [-0.4, -0.2) is 36.6 Å². The van der Waals surface area contributed by atoms with Gasteiger partial charge in [-0.3, -0.25) is 9.36 Å². The molecule has 0 saturated carbocycles. The van der Waals surface area contributed by atoms with E-state index in [0.717, 1.165) is 0 Å². The molecular weight excluding hydrogens is 459 g/mol. The summed E-state index contributed by atoms with van der Waals surface area (Å²) in [7, 11) is -11.1. The van der Waals surface area contributed by atoms with Crippen LogP contribution in [0.3, 0.4) is 0 Å². The van der Waals surface area contributed by atoms with E-state index < -0.39 is 44.2 Å². The second-order valence-corrected chi connectivity index (χ2v) is 30.3. The van der Waals surface area contributed by atoms with E-state index in [4.69, 9.17) is 12.9 Å². The predicted octanol–water partition coefficient (Wildman–Crippen LogP) is 8.55. The van der Waals surface area contributed by atoms with Gasteiger partial charge < -0.3 is 12.9 Å². The fourth-order valence-corrected chi connectivity index (χ4v) is 12.6. The fourth-order valence-electron chi connectivity index (χ4n) is 2.05. The summed E-state index contributed by atoms with van der Waals surface area (Å²) >= 11 is 0. The average molecular weight is 511 g/mol. The van der Waals surface area contributed by atoms with E-state index in [-0.39, 0.29) is 15.1 Å². The average Bonchev–Trinajstić information content (AvgIpc) is 2.41. The van der Waals surface area contributed by atoms with Crippen molar-refractivity contribution < 1.29 is 22.2 Å². The first-order valence-corrected chi connectivity index (χ1v) is 21.8. The zero-order valence-corrected chi connectivity index (χ0v) is 27.2. The van der Waals surface area contributed by atoms with Crippen LogP contribution in [0.1, 0.15) is 75.7 Å². The van der Waals surface area contributed by atoms with Crippen LogP contribution in [0.4, 0.5) is 0 Å². The van der Waals surface area contributed by atoms with E-state index >= 15 is 0 Å². The minimum Gasteiger partial charge on any atom is -0.518 e. The third-order valence-corrected chi connectivity index (χ3v) is 26.1. The number of rotatable bonds is 8. The summed E-state index contributed by atoms with van der Waals surface area (Å²) in [4.78, 5) is 13.5. The lowest BCUT2D eigenvalue weighted by molar-refractivity contribution is -0.135. The molecule has 186 valence electrons. The molecule has 0 aliphatic rings. The van der Waals surface area contributed by atoms with Gasteiger partial charge in [-0.25, -0.2) is 0 Å². The molecule has 1 unspecified atom stereocenters. The Morgan fingerprint density at radius 3 is 1.23 bits per heavy atom. The summed E-state index contributed by atoms with van der Waals surface area (Å²) in [5, 5.41) is -0.465. The molecule has 0 saturated heterocycles. The quantitative estimate of drug-likeness (QED) is 0.242. The van der Waals surface area contributed by atoms with Crippen molar-refractivity contribution in [3.05, 3.63) is 0 Å². The molecule has 0 aliphatic carbocycles. The molecule has 0 aromatic carbocycles. The Morgan fingerprint density at radius 2 is 1.00 bits per heavy atom. The predicted molar refractivity (Wildman–Crippen MR) is 142 cm³/mol. The molecule has 0 aromatic heterocycles. The number of carbonyl (C=O) groups is 1. The van der Waals surface area contributed by atoms with Crippen LogP contribution in [0.25, 0.3) is 0 Å². The molecule has 31 heavy (non-hydrogen) atoms. The van der Waals surface area contributed by atoms with Gasteiger partial charge in [0.05, 0.1) is 0 Å². The smallest absolute Gasteiger partial charge is 0.325 e. The van der Waals surface area contributed by atoms with Crippen molar-refractivity contribution in [1.82, 2.24) is 0 Å². The topological polar surface area (TPSA) is 61.8 Å². The van der Waals surface area contributed by atoms with Gasteiger partial charge in [0, 0.05) is 0 Å². The molecule has 0 rings (SSSR count). The highest BCUT2D eigenvalue weighted by molar-refractivity contribution is 7.59. The van der Waals surface area contributed by atoms with Gasteiger partial charge in [-0.15, -0.1) is 0 Å². The lowest BCUT2D eigenvalue weighted by Crippen LogP contribution is -2.48. The van der Waals surface area contributed by atoms with Crippen molar-refractivity contribution in [2.24, 2.45) is 0 Å². The monoisotopic (exact) mass is 510 g/mol. The van der Waals surface area contributed by atoms with Crippen molar-refractivity contribution >= 4 is 38.5 Å². The van der Waals surface area contributed by atoms with Gasteiger partial charge in [0.2, 0.25) is 16.6 Å². The lowest BCUT2D eigenvalue weighted by atomic mass is 10.2. The highest BCUT2D eigenvalue weighted by Gasteiger charge is 2.54. The van der Waals surface area contributed by atoms with E-state index in [1.165, 1.54) is 0 Å². The summed E-state index contributed by atoms with van der Waals surface area (Å²) in [5.41, 5.74) is -0.912. The molecular formula is C22H51O5PSi3. The van der Waals surface area contributed by atoms with Gasteiger partial charge in [-0.2, -0.15) is 0 Å². The molecule has 0 aromatic rings. The van der Waals surface area contributed by atoms with Crippen molar-refractivity contribution in [3.63, 3.8) is 0 Å². The van der Waals surface area contributed by atoms with Crippen LogP contribution >= 0.6 is 7.60 Å². The molecule has 0 bridgehead atoms. The minimum atomic E-state index is -3.79. The normalized spacial score (nSPS) is 16.3. The SMILES string of the molecule is CCC(C(=O)O[Si](C)(C)C(C)(C)C)P(=O)(O[Si](C)(C)C(C)(C)C)O[Si](C)(C)C(C)(C)C. The first-order valence-electron chi connectivity index (χ1n) is 11.5. The van der Waals surface area contributed by atoms with E-state index in [1.54, 1.807) is 0 Å². The Kier molecular flexibility index (Phi) is 9.58. The molecule has 5 nitrogen and oxygen atoms in total. The van der Waals surface area contributed by atoms with Crippen LogP contribution in [0.5, 0.6) is 0 Å². The number of hydrogen-bond donors (Lipinski definition) is 0. The van der Waals surface area contributed by atoms with Gasteiger partial charge in [-0.05, 0) is 60.8 Å². The highest BCUT2D eigenvalue weighted by Crippen LogP contribution is 2.63. The number of hydrogen-bond acceptors (Lipinski definition) is 5. The summed E-state index contributed by atoms with van der Waals surface area (Å²) in [6, 6.07) is 0. The van der Waals surface area contributed by atoms with Crippen molar-refractivity contribution in [3.8, 4) is 0 Å². The molecule has 0 radical (unpaired) electrons. The molecule has 0 fully saturated rings. The van der Waals surface area contributed by atoms with Crippen molar-refractivity contribution in [2.45, 2.75) is 136 Å². The van der Waals surface area contributed by atoms with E-state index in [0.29, 0.717) is 6.42 Å². The Hall–Kier alpha value is 0.271. The van der Waals surface area contributed by atoms with Crippen LogP contribution in [0, 0.1) is 0 Å². The first kappa shape index (κ1) is 31.3. The van der Waals surface area contributed by atoms with E-state index in [1.807, 2.05) is 20.0 Å². The van der Waals surface area contributed by atoms with Gasteiger partial charge in [-0.1, -0.05) is 69.2 Å². The molecule has 0 aliphatic heterocycles. The summed E-state index contributed by atoms with van der Waals surface area (Å²) in [6.45, 7) is 33.0. The highest BCUT2D eigenvalue weighted by atomic mass is 31.2. The maximum Gasteiger partial charge on any atom is 0.325 e. The Labute approximate surface area is 196 Å². The number of carbonyl (C=O) groups excluding carboxylic acids is 1. The summed E-state index contributed by atoms with van der Waals surface area (Å²) < 4.78 is 33.7. The van der Waals surface area contributed by atoms with Gasteiger partial charge in [0.1, 0.15) is 0 Å². The summed E-state index contributed by atoms with van der Waals surface area (Å²) in [6.07, 6.45) is 0.355. The van der Waals surface area contributed by atoms with Gasteiger partial charge in [0.25, 0.3) is 8.32 Å². The van der Waals surface area contributed by atoms with Gasteiger partial charge in [0.15, 0.2) is 5.66 Å². The Balaban J connectivity index is 6.46. The fraction of sp³-hybridized carbons (Fsp3) is 0.955. The maximum atomic E-state index is 14.6. The van der Waals surface area contributed by atoms with Crippen LogP contribution in [0.2, 0.25) is 54.4 Å². The Morgan fingerprint density at radius 1 is 0.710 bits per heavy atom. The largest absolute Gasteiger partial charge is 0.518 e. The second kappa shape index (κ2) is 9.49. The minimum absolute atomic E-state index is 0.133. The molecule has 0 heterocycles. The third-order valence-electron chi connectivity index (χ3n) is 7.53. The second-order valence-electron chi connectivity index (χ2n) is 13.3. The van der Waals surface area contributed by atoms with E-state index in [9.17, 15) is 9.36 Å². The van der Waals surface area contributed by atoms with Crippen LogP contribution in [-0.2, 0) is 22.2 Å². The molecule has 1 atom stereocenters. The van der Waals surface area contributed by atoms with Crippen molar-refractivity contribution in [1.29, 1.82) is 0 Å². The van der Waals surface area contributed by atoms with E-state index in [2.05, 4.69) is 88.5 Å². The van der Waals surface area contributed by atoms with Crippen molar-refractivity contribution in [2.75, 3.05) is 0 Å². The molecule has 0 spiro atoms. The molecule has 0 N–H and O–H groups in total. The maximum absolute atomic E-state index is 14.6. The molecule has 0 amide bonds. The first-order chi connectivity index (χ1) is 13.2. The summed E-state index contributed by atoms with van der Waals surface area (Å²) in [5.74, 6) is -0.435. The lowest BCUT2D eigenvalue weighted by Gasteiger charge is -2.45. The molecule has 9 heteroatoms. The Bertz CT molecular complexity index is 651. The standard InChI is InChI=1S/C22H51O5PSi3/c1-17-18(19(23)25-29(11,12)20(2,3)4)28(24,26-30(13,14)21(5,6)7)27-31(15,16)22(8,9)10/h18H,17H2,1-16H3. The van der Waals surface area contributed by atoms with Gasteiger partial charge >= 0.3 is 13.6 Å². The third kappa shape index (κ3) is 7.64.